The van der Waals surface area contributed by atoms with E-state index in [9.17, 15) is 9.59 Å². The zero-order valence-electron chi connectivity index (χ0n) is 10.1. The number of amides is 1. The van der Waals surface area contributed by atoms with Gasteiger partial charge in [-0.05, 0) is 18.9 Å². The number of H-pyrrole nitrogens is 1. The molecule has 1 aliphatic rings. The van der Waals surface area contributed by atoms with E-state index in [2.05, 4.69) is 10.3 Å². The van der Waals surface area contributed by atoms with Crippen molar-refractivity contribution >= 4 is 5.91 Å². The molecule has 18 heavy (non-hydrogen) atoms. The number of nitrogens with two attached hydrogens (primary N) is 1. The van der Waals surface area contributed by atoms with Gasteiger partial charge in [-0.2, -0.15) is 0 Å². The van der Waals surface area contributed by atoms with Gasteiger partial charge in [-0.3, -0.25) is 9.59 Å². The first-order valence-electron chi connectivity index (χ1n) is 5.94. The summed E-state index contributed by atoms with van der Waals surface area (Å²) in [5.41, 5.74) is 5.39. The molecule has 1 aromatic rings. The summed E-state index contributed by atoms with van der Waals surface area (Å²) in [5.74, 6) is -0.270. The number of nitrogens with one attached hydrogen (secondary N) is 2. The summed E-state index contributed by atoms with van der Waals surface area (Å²) < 4.78 is 5.27. The Morgan fingerprint density at radius 2 is 2.22 bits per heavy atom. The number of ether oxygens (including phenoxy) is 1. The van der Waals surface area contributed by atoms with E-state index in [0.29, 0.717) is 38.2 Å². The van der Waals surface area contributed by atoms with Crippen LogP contribution in [0.4, 0.5) is 0 Å². The molecule has 2 heterocycles. The highest BCUT2D eigenvalue weighted by molar-refractivity contribution is 5.94. The zero-order valence-corrected chi connectivity index (χ0v) is 10.1. The fourth-order valence-corrected chi connectivity index (χ4v) is 2.04. The van der Waals surface area contributed by atoms with Crippen molar-refractivity contribution < 1.29 is 9.53 Å². The summed E-state index contributed by atoms with van der Waals surface area (Å²) in [6.45, 7) is 1.55. The second kappa shape index (κ2) is 5.32. The third-order valence-electron chi connectivity index (χ3n) is 3.26. The fraction of sp³-hybridized carbons (Fsp3) is 0.500. The molecule has 6 nitrogen and oxygen atoms in total. The summed E-state index contributed by atoms with van der Waals surface area (Å²) in [6.07, 6.45) is 2.84. The lowest BCUT2D eigenvalue weighted by Gasteiger charge is -2.36. The number of carbonyl (C=O) groups excluding carboxylic acids is 1. The predicted molar refractivity (Wildman–Crippen MR) is 66.4 cm³/mol. The van der Waals surface area contributed by atoms with Crippen molar-refractivity contribution in [3.8, 4) is 0 Å². The molecular formula is C12H17N3O3. The molecule has 1 amide bonds. The van der Waals surface area contributed by atoms with E-state index >= 15 is 0 Å². The molecule has 4 N–H and O–H groups in total. The molecule has 98 valence electrons. The van der Waals surface area contributed by atoms with E-state index in [0.717, 1.165) is 0 Å². The molecule has 1 aliphatic heterocycles. The quantitative estimate of drug-likeness (QED) is 0.681. The van der Waals surface area contributed by atoms with Crippen LogP contribution in [0.2, 0.25) is 0 Å². The van der Waals surface area contributed by atoms with Crippen LogP contribution in [0.5, 0.6) is 0 Å². The van der Waals surface area contributed by atoms with Crippen molar-refractivity contribution in [1.82, 2.24) is 10.3 Å². The average Bonchev–Trinajstić information content (AvgIpc) is 2.40. The van der Waals surface area contributed by atoms with Crippen LogP contribution in [0.15, 0.2) is 23.1 Å². The van der Waals surface area contributed by atoms with Crippen molar-refractivity contribution in [2.45, 2.75) is 18.4 Å². The fourth-order valence-electron chi connectivity index (χ4n) is 2.04. The highest BCUT2D eigenvalue weighted by Gasteiger charge is 2.32. The highest BCUT2D eigenvalue weighted by atomic mass is 16.5. The van der Waals surface area contributed by atoms with Crippen molar-refractivity contribution in [3.63, 3.8) is 0 Å². The number of pyridine rings is 1. The normalized spacial score (nSPS) is 18.3. The van der Waals surface area contributed by atoms with Crippen LogP contribution in [0.1, 0.15) is 23.2 Å². The van der Waals surface area contributed by atoms with Gasteiger partial charge in [-0.25, -0.2) is 0 Å². The number of aromatic amines is 1. The third-order valence-corrected chi connectivity index (χ3v) is 3.26. The minimum atomic E-state index is -0.419. The Bertz CT molecular complexity index is 477. The van der Waals surface area contributed by atoms with Gasteiger partial charge >= 0.3 is 0 Å². The first kappa shape index (κ1) is 12.8. The van der Waals surface area contributed by atoms with Crippen molar-refractivity contribution in [1.29, 1.82) is 0 Å². The monoisotopic (exact) mass is 251 g/mol. The average molecular weight is 251 g/mol. The Labute approximate surface area is 105 Å². The van der Waals surface area contributed by atoms with E-state index < -0.39 is 5.54 Å². The summed E-state index contributed by atoms with van der Waals surface area (Å²) in [5, 5.41) is 2.93. The molecule has 1 saturated heterocycles. The van der Waals surface area contributed by atoms with Crippen LogP contribution in [0.25, 0.3) is 0 Å². The molecular weight excluding hydrogens is 234 g/mol. The smallest absolute Gasteiger partial charge is 0.252 e. The molecule has 1 aromatic heterocycles. The molecule has 2 rings (SSSR count). The number of hydrogen-bond acceptors (Lipinski definition) is 4. The maximum atomic E-state index is 12.1. The van der Waals surface area contributed by atoms with Gasteiger partial charge in [0, 0.05) is 37.6 Å². The van der Waals surface area contributed by atoms with E-state index in [4.69, 9.17) is 10.5 Å². The van der Waals surface area contributed by atoms with E-state index in [1.807, 2.05) is 0 Å². The van der Waals surface area contributed by atoms with Crippen molar-refractivity contribution in [2.24, 2.45) is 5.73 Å². The first-order valence-corrected chi connectivity index (χ1v) is 5.94. The lowest BCUT2D eigenvalue weighted by atomic mass is 9.90. The molecule has 0 spiro atoms. The lowest BCUT2D eigenvalue weighted by Crippen LogP contribution is -2.56. The minimum absolute atomic E-state index is 0.270. The van der Waals surface area contributed by atoms with E-state index in [1.165, 1.54) is 12.3 Å². The highest BCUT2D eigenvalue weighted by Crippen LogP contribution is 2.19. The van der Waals surface area contributed by atoms with E-state index in [-0.39, 0.29) is 11.5 Å². The largest absolute Gasteiger partial charge is 0.381 e. The Morgan fingerprint density at radius 1 is 1.50 bits per heavy atom. The maximum Gasteiger partial charge on any atom is 0.252 e. The molecule has 6 heteroatoms. The van der Waals surface area contributed by atoms with Crippen LogP contribution in [0.3, 0.4) is 0 Å². The van der Waals surface area contributed by atoms with Crippen molar-refractivity contribution in [2.75, 3.05) is 19.8 Å². The maximum absolute atomic E-state index is 12.1. The van der Waals surface area contributed by atoms with Gasteiger partial charge < -0.3 is 20.8 Å². The van der Waals surface area contributed by atoms with Gasteiger partial charge in [0.15, 0.2) is 0 Å². The van der Waals surface area contributed by atoms with Gasteiger partial charge in [-0.15, -0.1) is 0 Å². The topological polar surface area (TPSA) is 97.2 Å². The number of hydrogen-bond donors (Lipinski definition) is 3. The van der Waals surface area contributed by atoms with Crippen LogP contribution in [0, 0.1) is 0 Å². The molecule has 0 aromatic carbocycles. The molecule has 0 saturated carbocycles. The molecule has 0 unspecified atom stereocenters. The van der Waals surface area contributed by atoms with Gasteiger partial charge in [0.2, 0.25) is 5.56 Å². The van der Waals surface area contributed by atoms with Gasteiger partial charge in [0.1, 0.15) is 0 Å². The molecule has 0 radical (unpaired) electrons. The molecule has 1 fully saturated rings. The van der Waals surface area contributed by atoms with Crippen LogP contribution in [-0.2, 0) is 4.74 Å². The van der Waals surface area contributed by atoms with Crippen LogP contribution in [-0.4, -0.2) is 36.2 Å². The Hall–Kier alpha value is -1.66. The number of rotatable bonds is 3. The van der Waals surface area contributed by atoms with Crippen LogP contribution >= 0.6 is 0 Å². The Morgan fingerprint density at radius 3 is 2.83 bits per heavy atom. The molecule has 0 bridgehead atoms. The number of carbonyl (C=O) groups is 1. The Balaban J connectivity index is 2.12. The Kier molecular flexibility index (Phi) is 3.78. The SMILES string of the molecule is NCC1(NC(=O)c2cc[nH]c(=O)c2)CCOCC1. The van der Waals surface area contributed by atoms with Crippen LogP contribution < -0.4 is 16.6 Å². The standard InChI is InChI=1S/C12H17N3O3/c13-8-12(2-5-18-6-3-12)15-11(17)9-1-4-14-10(16)7-9/h1,4,7H,2-3,5-6,8,13H2,(H,14,16)(H,15,17). The van der Waals surface area contributed by atoms with Gasteiger partial charge in [0.25, 0.3) is 5.91 Å². The van der Waals surface area contributed by atoms with Gasteiger partial charge in [-0.1, -0.05) is 0 Å². The first-order chi connectivity index (χ1) is 8.65. The molecule has 0 aliphatic carbocycles. The lowest BCUT2D eigenvalue weighted by molar-refractivity contribution is 0.0388. The van der Waals surface area contributed by atoms with Gasteiger partial charge in [0.05, 0.1) is 5.54 Å². The third kappa shape index (κ3) is 2.77. The second-order valence-corrected chi connectivity index (χ2v) is 4.49. The summed E-state index contributed by atoms with van der Waals surface area (Å²) >= 11 is 0. The zero-order chi connectivity index (χ0) is 13.0. The minimum Gasteiger partial charge on any atom is -0.381 e. The molecule has 0 atom stereocenters. The van der Waals surface area contributed by atoms with E-state index in [1.54, 1.807) is 6.07 Å². The summed E-state index contributed by atoms with van der Waals surface area (Å²) in [7, 11) is 0. The summed E-state index contributed by atoms with van der Waals surface area (Å²) in [6, 6.07) is 2.85. The van der Waals surface area contributed by atoms with Crippen molar-refractivity contribution in [3.05, 3.63) is 34.2 Å². The second-order valence-electron chi connectivity index (χ2n) is 4.49. The number of aromatic nitrogens is 1. The summed E-state index contributed by atoms with van der Waals surface area (Å²) in [4.78, 5) is 25.7. The predicted octanol–water partition coefficient (Wildman–Crippen LogP) is -0.387.